The Bertz CT molecular complexity index is 657. The van der Waals surface area contributed by atoms with Crippen LogP contribution in [0.5, 0.6) is 0 Å². The van der Waals surface area contributed by atoms with Crippen LogP contribution >= 0.6 is 0 Å². The van der Waals surface area contributed by atoms with Gasteiger partial charge in [-0.1, -0.05) is 46.3 Å². The zero-order valence-electron chi connectivity index (χ0n) is 21.1. The molecule has 1 N–H and O–H groups in total. The molecule has 0 aromatic carbocycles. The Morgan fingerprint density at radius 1 is 0.900 bits per heavy atom. The second kappa shape index (κ2) is 7.93. The quantitative estimate of drug-likeness (QED) is 0.462. The fourth-order valence-corrected chi connectivity index (χ4v) is 9.90. The summed E-state index contributed by atoms with van der Waals surface area (Å²) in [6.45, 7) is 17.1. The summed E-state index contributed by atoms with van der Waals surface area (Å²) >= 11 is 0. The molecule has 0 saturated heterocycles. The van der Waals surface area contributed by atoms with Crippen molar-refractivity contribution in [1.82, 2.24) is 0 Å². The molecule has 0 aliphatic heterocycles. The molecule has 0 bridgehead atoms. The van der Waals surface area contributed by atoms with E-state index in [-0.39, 0.29) is 11.5 Å². The van der Waals surface area contributed by atoms with Gasteiger partial charge in [-0.05, 0) is 130 Å². The van der Waals surface area contributed by atoms with E-state index in [2.05, 4.69) is 54.5 Å². The molecule has 1 nitrogen and oxygen atoms in total. The lowest BCUT2D eigenvalue weighted by atomic mass is 9.41. The Labute approximate surface area is 187 Å². The summed E-state index contributed by atoms with van der Waals surface area (Å²) in [5.41, 5.74) is 2.61. The first-order chi connectivity index (χ1) is 14.0. The molecule has 0 aromatic rings. The summed E-state index contributed by atoms with van der Waals surface area (Å²) in [6, 6.07) is 0. The molecule has 4 fully saturated rings. The number of rotatable bonds is 4. The SMILES string of the molecule is CC(C)=CCCC(C)C1CCC2C3CCC4C(C)(C)C(O)CCC4(C)C3CCC12C. The van der Waals surface area contributed by atoms with E-state index in [1.54, 1.807) is 0 Å². The molecule has 4 aliphatic rings. The van der Waals surface area contributed by atoms with Gasteiger partial charge < -0.3 is 5.11 Å². The van der Waals surface area contributed by atoms with E-state index in [0.29, 0.717) is 16.7 Å². The van der Waals surface area contributed by atoms with Crippen LogP contribution in [0.2, 0.25) is 0 Å². The largest absolute Gasteiger partial charge is 0.393 e. The topological polar surface area (TPSA) is 20.2 Å². The van der Waals surface area contributed by atoms with Crippen molar-refractivity contribution < 1.29 is 5.11 Å². The Hall–Kier alpha value is -0.300. The number of allylic oxidation sites excluding steroid dienone is 2. The highest BCUT2D eigenvalue weighted by Gasteiger charge is 2.63. The van der Waals surface area contributed by atoms with Crippen LogP contribution in [0.4, 0.5) is 0 Å². The van der Waals surface area contributed by atoms with Crippen molar-refractivity contribution in [2.24, 2.45) is 51.8 Å². The molecule has 9 atom stereocenters. The van der Waals surface area contributed by atoms with E-state index in [0.717, 1.165) is 36.0 Å². The summed E-state index contributed by atoms with van der Waals surface area (Å²) in [7, 11) is 0. The van der Waals surface area contributed by atoms with Gasteiger partial charge >= 0.3 is 0 Å². The normalized spacial score (nSPS) is 48.3. The maximum absolute atomic E-state index is 10.8. The molecule has 30 heavy (non-hydrogen) atoms. The molecular formula is C29H50O. The number of hydrogen-bond acceptors (Lipinski definition) is 1. The van der Waals surface area contributed by atoms with Crippen molar-refractivity contribution in [3.8, 4) is 0 Å². The summed E-state index contributed by atoms with van der Waals surface area (Å²) in [5.74, 6) is 5.32. The fourth-order valence-electron chi connectivity index (χ4n) is 9.90. The van der Waals surface area contributed by atoms with Crippen LogP contribution in [-0.4, -0.2) is 11.2 Å². The van der Waals surface area contributed by atoms with Crippen LogP contribution in [0.3, 0.4) is 0 Å². The van der Waals surface area contributed by atoms with Crippen LogP contribution < -0.4 is 0 Å². The first kappa shape index (κ1) is 22.9. The molecule has 4 saturated carbocycles. The average Bonchev–Trinajstić information content (AvgIpc) is 3.02. The van der Waals surface area contributed by atoms with E-state index >= 15 is 0 Å². The van der Waals surface area contributed by atoms with Crippen molar-refractivity contribution >= 4 is 0 Å². The van der Waals surface area contributed by atoms with Gasteiger partial charge in [-0.15, -0.1) is 0 Å². The molecule has 0 heterocycles. The predicted octanol–water partition coefficient (Wildman–Crippen LogP) is 8.02. The zero-order chi connectivity index (χ0) is 21.9. The Morgan fingerprint density at radius 3 is 2.27 bits per heavy atom. The first-order valence-electron chi connectivity index (χ1n) is 13.3. The summed E-state index contributed by atoms with van der Waals surface area (Å²) in [4.78, 5) is 0. The van der Waals surface area contributed by atoms with Crippen molar-refractivity contribution in [3.63, 3.8) is 0 Å². The van der Waals surface area contributed by atoms with Crippen LogP contribution in [0.15, 0.2) is 11.6 Å². The lowest BCUT2D eigenvalue weighted by Gasteiger charge is -2.64. The van der Waals surface area contributed by atoms with Crippen LogP contribution in [0, 0.1) is 51.8 Å². The zero-order valence-corrected chi connectivity index (χ0v) is 21.1. The predicted molar refractivity (Wildman–Crippen MR) is 128 cm³/mol. The monoisotopic (exact) mass is 414 g/mol. The van der Waals surface area contributed by atoms with E-state index in [1.165, 1.54) is 63.4 Å². The van der Waals surface area contributed by atoms with Gasteiger partial charge in [0, 0.05) is 0 Å². The Morgan fingerprint density at radius 2 is 1.57 bits per heavy atom. The minimum atomic E-state index is -0.0986. The average molecular weight is 415 g/mol. The van der Waals surface area contributed by atoms with Gasteiger partial charge in [0.2, 0.25) is 0 Å². The van der Waals surface area contributed by atoms with Crippen molar-refractivity contribution in [3.05, 3.63) is 11.6 Å². The second-order valence-corrected chi connectivity index (χ2v) is 13.5. The number of hydrogen-bond donors (Lipinski definition) is 1. The van der Waals surface area contributed by atoms with Crippen LogP contribution in [0.1, 0.15) is 113 Å². The molecule has 4 rings (SSSR count). The number of aliphatic hydroxyl groups is 1. The Kier molecular flexibility index (Phi) is 6.05. The smallest absolute Gasteiger partial charge is 0.0594 e. The van der Waals surface area contributed by atoms with Gasteiger partial charge in [-0.3, -0.25) is 0 Å². The minimum Gasteiger partial charge on any atom is -0.393 e. The highest BCUT2D eigenvalue weighted by molar-refractivity contribution is 5.12. The van der Waals surface area contributed by atoms with E-state index in [9.17, 15) is 5.11 Å². The Balaban J connectivity index is 1.52. The first-order valence-corrected chi connectivity index (χ1v) is 13.3. The van der Waals surface area contributed by atoms with E-state index in [1.807, 2.05) is 0 Å². The van der Waals surface area contributed by atoms with Gasteiger partial charge in [0.05, 0.1) is 6.10 Å². The number of aliphatic hydroxyl groups excluding tert-OH is 1. The summed E-state index contributed by atoms with van der Waals surface area (Å²) < 4.78 is 0. The van der Waals surface area contributed by atoms with Gasteiger partial charge in [0.25, 0.3) is 0 Å². The van der Waals surface area contributed by atoms with Crippen LogP contribution in [-0.2, 0) is 0 Å². The minimum absolute atomic E-state index is 0.0936. The molecule has 0 radical (unpaired) electrons. The highest BCUT2D eigenvalue weighted by Crippen LogP contribution is 2.70. The third kappa shape index (κ3) is 3.45. The van der Waals surface area contributed by atoms with Gasteiger partial charge in [0.15, 0.2) is 0 Å². The standard InChI is InChI=1S/C29H50O/c1-19(2)9-8-10-20(3)22-12-13-23-21-11-14-25-27(4,5)26(30)16-18-29(25,7)24(21)15-17-28(22,23)6/h9,20-26,30H,8,10-18H2,1-7H3. The molecule has 9 unspecified atom stereocenters. The fraction of sp³-hybridized carbons (Fsp3) is 0.931. The van der Waals surface area contributed by atoms with E-state index < -0.39 is 0 Å². The molecule has 4 aliphatic carbocycles. The lowest BCUT2D eigenvalue weighted by molar-refractivity contribution is -0.179. The highest BCUT2D eigenvalue weighted by atomic mass is 16.3. The molecule has 0 spiro atoms. The summed E-state index contributed by atoms with van der Waals surface area (Å²) in [5, 5.41) is 10.8. The van der Waals surface area contributed by atoms with Crippen LogP contribution in [0.25, 0.3) is 0 Å². The molecular weight excluding hydrogens is 364 g/mol. The molecule has 172 valence electrons. The van der Waals surface area contributed by atoms with Gasteiger partial charge in [-0.25, -0.2) is 0 Å². The van der Waals surface area contributed by atoms with Crippen molar-refractivity contribution in [1.29, 1.82) is 0 Å². The maximum atomic E-state index is 10.8. The number of fused-ring (bicyclic) bond motifs is 5. The molecule has 0 amide bonds. The lowest BCUT2D eigenvalue weighted by Crippen LogP contribution is -2.59. The third-order valence-corrected chi connectivity index (χ3v) is 11.5. The molecule has 0 aromatic heterocycles. The van der Waals surface area contributed by atoms with Gasteiger partial charge in [0.1, 0.15) is 0 Å². The van der Waals surface area contributed by atoms with Gasteiger partial charge in [-0.2, -0.15) is 0 Å². The maximum Gasteiger partial charge on any atom is 0.0594 e. The molecule has 1 heteroatoms. The van der Waals surface area contributed by atoms with E-state index in [4.69, 9.17) is 0 Å². The summed E-state index contributed by atoms with van der Waals surface area (Å²) in [6.07, 6.45) is 15.9. The van der Waals surface area contributed by atoms with Crippen molar-refractivity contribution in [2.75, 3.05) is 0 Å². The second-order valence-electron chi connectivity index (χ2n) is 13.5. The third-order valence-electron chi connectivity index (χ3n) is 11.5. The van der Waals surface area contributed by atoms with Crippen molar-refractivity contribution in [2.45, 2.75) is 119 Å².